The second-order valence-electron chi connectivity index (χ2n) is 8.60. The molecule has 0 saturated carbocycles. The lowest BCUT2D eigenvalue weighted by Gasteiger charge is -2.16. The molecule has 2 aromatic carbocycles. The molecule has 1 aliphatic carbocycles. The van der Waals surface area contributed by atoms with Crippen molar-refractivity contribution >= 4 is 62.0 Å². The third kappa shape index (κ3) is 4.47. The van der Waals surface area contributed by atoms with Crippen LogP contribution in [0.3, 0.4) is 0 Å². The monoisotopic (exact) mass is 529 g/mol. The van der Waals surface area contributed by atoms with Gasteiger partial charge in [0.25, 0.3) is 0 Å². The number of hydrogen-bond donors (Lipinski definition) is 2. The number of anilines is 1. The number of fused-ring (bicyclic) bond motifs is 6. The van der Waals surface area contributed by atoms with Gasteiger partial charge in [-0.2, -0.15) is 0 Å². The van der Waals surface area contributed by atoms with Gasteiger partial charge in [-0.3, -0.25) is 4.79 Å². The summed E-state index contributed by atoms with van der Waals surface area (Å²) in [5.74, 6) is -0.0956. The average molecular weight is 530 g/mol. The smallest absolute Gasteiger partial charge is 0.341 e. The number of carbonyl (C=O) groups excluding carboxylic acids is 2. The Kier molecular flexibility index (Phi) is 6.35. The molecule has 0 spiro atoms. The van der Waals surface area contributed by atoms with E-state index in [-0.39, 0.29) is 18.9 Å². The topological polar surface area (TPSA) is 110 Å². The molecule has 0 fully saturated rings. The van der Waals surface area contributed by atoms with Crippen LogP contribution in [0.1, 0.15) is 34.8 Å². The first-order chi connectivity index (χ1) is 18.1. The number of rotatable bonds is 7. The van der Waals surface area contributed by atoms with E-state index in [1.54, 1.807) is 6.92 Å². The highest BCUT2D eigenvalue weighted by Crippen LogP contribution is 2.45. The van der Waals surface area contributed by atoms with Crippen molar-refractivity contribution in [2.75, 3.05) is 17.7 Å². The first kappa shape index (κ1) is 23.6. The number of carbonyl (C=O) groups is 2. The van der Waals surface area contributed by atoms with Crippen molar-refractivity contribution in [3.63, 3.8) is 0 Å². The van der Waals surface area contributed by atoms with E-state index in [0.717, 1.165) is 45.3 Å². The number of thiophene rings is 1. The molecular weight excluding hydrogens is 506 g/mol. The fraction of sp³-hybridized carbons (Fsp3) is 0.222. The molecule has 0 atom stereocenters. The maximum absolute atomic E-state index is 12.9. The van der Waals surface area contributed by atoms with Crippen LogP contribution in [0.15, 0.2) is 53.7 Å². The molecule has 8 nitrogen and oxygen atoms in total. The Labute approximate surface area is 220 Å². The molecule has 6 rings (SSSR count). The Hall–Kier alpha value is -3.76. The number of ether oxygens (including phenoxy) is 1. The molecule has 3 aromatic heterocycles. The van der Waals surface area contributed by atoms with E-state index in [2.05, 4.69) is 37.6 Å². The van der Waals surface area contributed by atoms with Crippen LogP contribution in [0.25, 0.3) is 32.5 Å². The van der Waals surface area contributed by atoms with Crippen molar-refractivity contribution < 1.29 is 14.3 Å². The number of nitrogens with zero attached hydrogens (tertiary/aromatic N) is 3. The Morgan fingerprint density at radius 2 is 1.95 bits per heavy atom. The quantitative estimate of drug-likeness (QED) is 0.208. The van der Waals surface area contributed by atoms with Gasteiger partial charge in [0.1, 0.15) is 10.5 Å². The second kappa shape index (κ2) is 9.95. The number of aromatic nitrogens is 4. The minimum absolute atomic E-state index is 0.176. The summed E-state index contributed by atoms with van der Waals surface area (Å²) >= 11 is 2.81. The van der Waals surface area contributed by atoms with Crippen LogP contribution >= 0.6 is 23.1 Å². The van der Waals surface area contributed by atoms with Crippen LogP contribution in [0.4, 0.5) is 5.00 Å². The molecule has 186 valence electrons. The predicted octanol–water partition coefficient (Wildman–Crippen LogP) is 5.63. The van der Waals surface area contributed by atoms with Crippen molar-refractivity contribution in [3.05, 3.63) is 65.2 Å². The molecule has 0 aliphatic heterocycles. The molecule has 0 bridgehead atoms. The number of aryl methyl sites for hydroxylation is 1. The Bertz CT molecular complexity index is 1660. The molecule has 0 saturated heterocycles. The maximum Gasteiger partial charge on any atom is 0.341 e. The molecule has 1 amide bonds. The van der Waals surface area contributed by atoms with E-state index < -0.39 is 5.97 Å². The van der Waals surface area contributed by atoms with Gasteiger partial charge in [-0.25, -0.2) is 9.78 Å². The number of para-hydroxylation sites is 1. The van der Waals surface area contributed by atoms with E-state index in [4.69, 9.17) is 4.74 Å². The Morgan fingerprint density at radius 3 is 2.84 bits per heavy atom. The van der Waals surface area contributed by atoms with E-state index in [0.29, 0.717) is 27.1 Å². The van der Waals surface area contributed by atoms with Crippen molar-refractivity contribution in [3.8, 4) is 10.4 Å². The second-order valence-corrected chi connectivity index (χ2v) is 10.7. The van der Waals surface area contributed by atoms with E-state index in [1.165, 1.54) is 28.7 Å². The standard InChI is InChI=1S/C27H23N5O3S2/c1-2-35-26(34)21-18-12-11-15-7-3-4-8-16(15)23(18)37-25(21)29-20(33)13-14-36-27-30-24-22(31-32-27)17-9-5-6-10-19(17)28-24/h3-10H,2,11-14H2,1H3,(H,29,33)(H,28,30,32). The van der Waals surface area contributed by atoms with Gasteiger partial charge in [-0.05, 0) is 42.5 Å². The van der Waals surface area contributed by atoms with Gasteiger partial charge < -0.3 is 15.0 Å². The maximum atomic E-state index is 12.9. The lowest BCUT2D eigenvalue weighted by Crippen LogP contribution is -2.16. The Morgan fingerprint density at radius 1 is 1.11 bits per heavy atom. The molecule has 37 heavy (non-hydrogen) atoms. The number of thioether (sulfide) groups is 1. The summed E-state index contributed by atoms with van der Waals surface area (Å²) in [5, 5.41) is 13.6. The molecule has 0 radical (unpaired) electrons. The van der Waals surface area contributed by atoms with Crippen molar-refractivity contribution in [2.24, 2.45) is 0 Å². The Balaban J connectivity index is 1.17. The summed E-state index contributed by atoms with van der Waals surface area (Å²) in [4.78, 5) is 34.6. The normalized spacial score (nSPS) is 12.4. The number of benzene rings is 2. The molecule has 2 N–H and O–H groups in total. The number of aromatic amines is 1. The van der Waals surface area contributed by atoms with Gasteiger partial charge in [-0.15, -0.1) is 21.5 Å². The zero-order chi connectivity index (χ0) is 25.4. The number of hydrogen-bond acceptors (Lipinski definition) is 8. The van der Waals surface area contributed by atoms with E-state index in [1.807, 2.05) is 36.4 Å². The molecule has 5 aromatic rings. The zero-order valence-corrected chi connectivity index (χ0v) is 21.7. The summed E-state index contributed by atoms with van der Waals surface area (Å²) in [6.07, 6.45) is 1.83. The average Bonchev–Trinajstić information content (AvgIpc) is 3.46. The highest BCUT2D eigenvalue weighted by Gasteiger charge is 2.29. The van der Waals surface area contributed by atoms with Gasteiger partial charge in [0, 0.05) is 28.0 Å². The van der Waals surface area contributed by atoms with E-state index >= 15 is 0 Å². The first-order valence-corrected chi connectivity index (χ1v) is 13.9. The van der Waals surface area contributed by atoms with Gasteiger partial charge in [0.05, 0.1) is 12.2 Å². The van der Waals surface area contributed by atoms with Crippen LogP contribution < -0.4 is 5.32 Å². The van der Waals surface area contributed by atoms with Gasteiger partial charge in [-0.1, -0.05) is 54.2 Å². The van der Waals surface area contributed by atoms with Crippen LogP contribution in [-0.2, 0) is 22.4 Å². The SMILES string of the molecule is CCOC(=O)c1c(NC(=O)CCSc2nnc3c(n2)[nH]c2ccccc23)sc2c1CCc1ccccc1-2. The summed E-state index contributed by atoms with van der Waals surface area (Å²) in [5.41, 5.74) is 6.17. The minimum atomic E-state index is -0.393. The number of esters is 1. The van der Waals surface area contributed by atoms with Crippen LogP contribution in [0.2, 0.25) is 0 Å². The zero-order valence-electron chi connectivity index (χ0n) is 20.0. The first-order valence-electron chi connectivity index (χ1n) is 12.1. The summed E-state index contributed by atoms with van der Waals surface area (Å²) in [6, 6.07) is 16.1. The van der Waals surface area contributed by atoms with Crippen LogP contribution in [0, 0.1) is 0 Å². The number of nitrogens with one attached hydrogen (secondary N) is 2. The predicted molar refractivity (Wildman–Crippen MR) is 146 cm³/mol. The minimum Gasteiger partial charge on any atom is -0.462 e. The highest BCUT2D eigenvalue weighted by molar-refractivity contribution is 7.99. The summed E-state index contributed by atoms with van der Waals surface area (Å²) in [6.45, 7) is 2.06. The number of H-pyrrole nitrogens is 1. The highest BCUT2D eigenvalue weighted by atomic mass is 32.2. The van der Waals surface area contributed by atoms with Gasteiger partial charge in [0.2, 0.25) is 11.1 Å². The molecule has 0 unspecified atom stereocenters. The molecule has 10 heteroatoms. The third-order valence-corrected chi connectivity index (χ3v) is 8.33. The third-order valence-electron chi connectivity index (χ3n) is 6.31. The van der Waals surface area contributed by atoms with E-state index in [9.17, 15) is 9.59 Å². The molecule has 3 heterocycles. The van der Waals surface area contributed by atoms with Crippen molar-refractivity contribution in [1.29, 1.82) is 0 Å². The van der Waals surface area contributed by atoms with Crippen LogP contribution in [0.5, 0.6) is 0 Å². The lowest BCUT2D eigenvalue weighted by atomic mass is 9.89. The fourth-order valence-electron chi connectivity index (χ4n) is 4.64. The number of amides is 1. The van der Waals surface area contributed by atoms with Gasteiger partial charge in [0.15, 0.2) is 5.65 Å². The van der Waals surface area contributed by atoms with Crippen LogP contribution in [-0.4, -0.2) is 44.4 Å². The van der Waals surface area contributed by atoms with Gasteiger partial charge >= 0.3 is 5.97 Å². The molecule has 1 aliphatic rings. The van der Waals surface area contributed by atoms with Crippen molar-refractivity contribution in [1.82, 2.24) is 20.2 Å². The fourth-order valence-corrected chi connectivity index (χ4v) is 6.68. The van der Waals surface area contributed by atoms with Crippen molar-refractivity contribution in [2.45, 2.75) is 31.3 Å². The molecular formula is C27H23N5O3S2. The summed E-state index contributed by atoms with van der Waals surface area (Å²) < 4.78 is 5.34. The lowest BCUT2D eigenvalue weighted by molar-refractivity contribution is -0.115. The largest absolute Gasteiger partial charge is 0.462 e. The summed E-state index contributed by atoms with van der Waals surface area (Å²) in [7, 11) is 0.